The zero-order valence-electron chi connectivity index (χ0n) is 13.7. The van der Waals surface area contributed by atoms with Crippen molar-refractivity contribution >= 4 is 11.7 Å². The monoisotopic (exact) mass is 343 g/mol. The second-order valence-corrected chi connectivity index (χ2v) is 5.93. The second-order valence-electron chi connectivity index (χ2n) is 5.93. The van der Waals surface area contributed by atoms with Gasteiger partial charge in [0.05, 0.1) is 17.9 Å². The molecule has 1 aliphatic rings. The topological polar surface area (TPSA) is 75.4 Å². The highest BCUT2D eigenvalue weighted by atomic mass is 19.1. The molecule has 7 heteroatoms. The smallest absolute Gasteiger partial charge is 0.290 e. The third kappa shape index (κ3) is 3.31. The number of imidazole rings is 1. The lowest BCUT2D eigenvalue weighted by molar-refractivity contribution is -0.129. The average molecular weight is 343 g/mol. The van der Waals surface area contributed by atoms with Gasteiger partial charge in [-0.1, -0.05) is 12.1 Å². The summed E-state index contributed by atoms with van der Waals surface area (Å²) < 4.78 is 15.1. The van der Waals surface area contributed by atoms with Crippen molar-refractivity contribution in [3.63, 3.8) is 0 Å². The first-order valence-electron chi connectivity index (χ1n) is 7.95. The van der Waals surface area contributed by atoms with Gasteiger partial charge in [-0.25, -0.2) is 9.37 Å². The molecule has 0 radical (unpaired) electrons. The van der Waals surface area contributed by atoms with Gasteiger partial charge in [-0.2, -0.15) is 0 Å². The van der Waals surface area contributed by atoms with Crippen molar-refractivity contribution in [1.82, 2.24) is 14.5 Å². The Morgan fingerprint density at radius 1 is 1.28 bits per heavy atom. The lowest BCUT2D eigenvalue weighted by Gasteiger charge is -2.26. The van der Waals surface area contributed by atoms with Crippen LogP contribution in [0.25, 0.3) is 0 Å². The highest BCUT2D eigenvalue weighted by molar-refractivity contribution is 6.08. The SMILES string of the molecule is CC(=O)C1=C(O)C(=O)N(CCCn2ccnc2)[C@H]1c1ccc(F)cc1. The zero-order chi connectivity index (χ0) is 18.0. The van der Waals surface area contributed by atoms with E-state index in [1.807, 2.05) is 10.8 Å². The van der Waals surface area contributed by atoms with Crippen LogP contribution in [0.3, 0.4) is 0 Å². The molecule has 0 spiro atoms. The van der Waals surface area contributed by atoms with Crippen LogP contribution in [-0.4, -0.2) is 37.8 Å². The van der Waals surface area contributed by atoms with Crippen LogP contribution < -0.4 is 0 Å². The zero-order valence-corrected chi connectivity index (χ0v) is 13.7. The molecule has 0 saturated carbocycles. The Kier molecular flexibility index (Phi) is 4.65. The summed E-state index contributed by atoms with van der Waals surface area (Å²) in [6.45, 7) is 2.31. The van der Waals surface area contributed by atoms with E-state index in [1.165, 1.54) is 36.1 Å². The summed E-state index contributed by atoms with van der Waals surface area (Å²) in [4.78, 5) is 29.8. The maximum atomic E-state index is 13.2. The minimum Gasteiger partial charge on any atom is -0.503 e. The number of aliphatic hydroxyl groups is 1. The van der Waals surface area contributed by atoms with Crippen LogP contribution >= 0.6 is 0 Å². The van der Waals surface area contributed by atoms with Crippen molar-refractivity contribution in [3.05, 3.63) is 65.7 Å². The van der Waals surface area contributed by atoms with Crippen LogP contribution in [0.2, 0.25) is 0 Å². The summed E-state index contributed by atoms with van der Waals surface area (Å²) in [6.07, 6.45) is 5.79. The van der Waals surface area contributed by atoms with Crippen molar-refractivity contribution < 1.29 is 19.1 Å². The summed E-state index contributed by atoms with van der Waals surface area (Å²) in [5, 5.41) is 10.1. The minimum absolute atomic E-state index is 0.0549. The maximum absolute atomic E-state index is 13.2. The highest BCUT2D eigenvalue weighted by Crippen LogP contribution is 2.37. The molecular formula is C18H18FN3O3. The molecule has 1 aromatic heterocycles. The average Bonchev–Trinajstić information content (AvgIpc) is 3.17. The first kappa shape index (κ1) is 16.9. The van der Waals surface area contributed by atoms with Gasteiger partial charge in [0, 0.05) is 25.5 Å². The summed E-state index contributed by atoms with van der Waals surface area (Å²) >= 11 is 0. The largest absolute Gasteiger partial charge is 0.503 e. The molecule has 25 heavy (non-hydrogen) atoms. The Balaban J connectivity index is 1.85. The summed E-state index contributed by atoms with van der Waals surface area (Å²) in [5.74, 6) is -1.88. The van der Waals surface area contributed by atoms with E-state index in [9.17, 15) is 19.1 Å². The lowest BCUT2D eigenvalue weighted by atomic mass is 9.96. The Hall–Kier alpha value is -2.96. The number of halogens is 1. The highest BCUT2D eigenvalue weighted by Gasteiger charge is 2.41. The van der Waals surface area contributed by atoms with Gasteiger partial charge in [0.15, 0.2) is 11.5 Å². The molecule has 1 aromatic carbocycles. The number of carbonyl (C=O) groups excluding carboxylic acids is 2. The number of hydrogen-bond acceptors (Lipinski definition) is 4. The molecule has 1 aliphatic heterocycles. The van der Waals surface area contributed by atoms with E-state index in [2.05, 4.69) is 4.98 Å². The van der Waals surface area contributed by atoms with Crippen molar-refractivity contribution in [2.75, 3.05) is 6.54 Å². The van der Waals surface area contributed by atoms with E-state index in [1.54, 1.807) is 12.5 Å². The van der Waals surface area contributed by atoms with E-state index in [0.29, 0.717) is 25.1 Å². The molecule has 1 amide bonds. The molecule has 130 valence electrons. The van der Waals surface area contributed by atoms with Crippen molar-refractivity contribution in [2.45, 2.75) is 25.9 Å². The number of Topliss-reactive ketones (excluding diaryl/α,β-unsaturated/α-hetero) is 1. The molecule has 1 N–H and O–H groups in total. The fourth-order valence-corrected chi connectivity index (χ4v) is 3.08. The molecule has 3 rings (SSSR count). The fraction of sp³-hybridized carbons (Fsp3) is 0.278. The third-order valence-electron chi connectivity index (χ3n) is 4.24. The van der Waals surface area contributed by atoms with E-state index < -0.39 is 23.5 Å². The number of aryl methyl sites for hydroxylation is 1. The number of nitrogens with zero attached hydrogens (tertiary/aromatic N) is 3. The number of hydrogen-bond donors (Lipinski definition) is 1. The van der Waals surface area contributed by atoms with Crippen LogP contribution in [0.5, 0.6) is 0 Å². The van der Waals surface area contributed by atoms with E-state index in [4.69, 9.17) is 0 Å². The quantitative estimate of drug-likeness (QED) is 0.874. The number of aromatic nitrogens is 2. The van der Waals surface area contributed by atoms with E-state index in [-0.39, 0.29) is 11.4 Å². The van der Waals surface area contributed by atoms with Gasteiger partial charge >= 0.3 is 0 Å². The fourth-order valence-electron chi connectivity index (χ4n) is 3.08. The molecule has 1 atom stereocenters. The van der Waals surface area contributed by atoms with Gasteiger partial charge in [0.1, 0.15) is 5.82 Å². The lowest BCUT2D eigenvalue weighted by Crippen LogP contribution is -2.32. The van der Waals surface area contributed by atoms with Gasteiger partial charge in [0.2, 0.25) is 0 Å². The molecule has 0 fully saturated rings. The molecular weight excluding hydrogens is 325 g/mol. The first-order valence-corrected chi connectivity index (χ1v) is 7.95. The van der Waals surface area contributed by atoms with Crippen LogP contribution in [0.1, 0.15) is 24.9 Å². The van der Waals surface area contributed by atoms with Gasteiger partial charge in [-0.3, -0.25) is 9.59 Å². The first-order chi connectivity index (χ1) is 12.0. The normalized spacial score (nSPS) is 17.4. The molecule has 6 nitrogen and oxygen atoms in total. The predicted octanol–water partition coefficient (Wildman–Crippen LogP) is 2.40. The van der Waals surface area contributed by atoms with E-state index >= 15 is 0 Å². The van der Waals surface area contributed by atoms with Gasteiger partial charge in [-0.05, 0) is 31.0 Å². The molecule has 0 aliphatic carbocycles. The Labute approximate surface area is 144 Å². The Morgan fingerprint density at radius 3 is 2.60 bits per heavy atom. The van der Waals surface area contributed by atoms with Crippen molar-refractivity contribution in [1.29, 1.82) is 0 Å². The summed E-state index contributed by atoms with van der Waals surface area (Å²) in [7, 11) is 0. The standard InChI is InChI=1S/C18H18FN3O3/c1-12(23)15-16(13-3-5-14(19)6-4-13)22(18(25)17(15)24)9-2-8-21-10-7-20-11-21/h3-7,10-11,16,24H,2,8-9H2,1H3/t16-/m0/s1. The Bertz CT molecular complexity index is 813. The van der Waals surface area contributed by atoms with Crippen LogP contribution in [-0.2, 0) is 16.1 Å². The summed E-state index contributed by atoms with van der Waals surface area (Å²) in [5.41, 5.74) is 0.644. The van der Waals surface area contributed by atoms with Gasteiger partial charge < -0.3 is 14.6 Å². The molecule has 0 saturated heterocycles. The van der Waals surface area contributed by atoms with E-state index in [0.717, 1.165) is 0 Å². The van der Waals surface area contributed by atoms with Crippen LogP contribution in [0.4, 0.5) is 4.39 Å². The second kappa shape index (κ2) is 6.88. The molecule has 2 aromatic rings. The van der Waals surface area contributed by atoms with Gasteiger partial charge in [-0.15, -0.1) is 0 Å². The number of aliphatic hydroxyl groups excluding tert-OH is 1. The molecule has 0 bridgehead atoms. The van der Waals surface area contributed by atoms with Crippen molar-refractivity contribution in [2.24, 2.45) is 0 Å². The number of rotatable bonds is 6. The Morgan fingerprint density at radius 2 is 2.00 bits per heavy atom. The van der Waals surface area contributed by atoms with Crippen molar-refractivity contribution in [3.8, 4) is 0 Å². The van der Waals surface area contributed by atoms with Crippen LogP contribution in [0.15, 0.2) is 54.3 Å². The molecule has 2 heterocycles. The van der Waals surface area contributed by atoms with Gasteiger partial charge in [0.25, 0.3) is 5.91 Å². The van der Waals surface area contributed by atoms with Crippen LogP contribution in [0, 0.1) is 5.82 Å². The maximum Gasteiger partial charge on any atom is 0.290 e. The predicted molar refractivity (Wildman–Crippen MR) is 88.0 cm³/mol. The third-order valence-corrected chi connectivity index (χ3v) is 4.24. The number of carbonyl (C=O) groups is 2. The minimum atomic E-state index is -0.701. The number of benzene rings is 1. The number of amides is 1. The number of ketones is 1. The summed E-state index contributed by atoms with van der Waals surface area (Å²) in [6, 6.07) is 4.90. The molecule has 0 unspecified atom stereocenters.